The van der Waals surface area contributed by atoms with Crippen LogP contribution in [0.25, 0.3) is 21.9 Å². The maximum absolute atomic E-state index is 12.2. The van der Waals surface area contributed by atoms with Gasteiger partial charge in [0.05, 0.1) is 0 Å². The van der Waals surface area contributed by atoms with E-state index in [1.165, 1.54) is 17.0 Å². The zero-order valence-electron chi connectivity index (χ0n) is 14.1. The Morgan fingerprint density at radius 1 is 1.08 bits per heavy atom. The van der Waals surface area contributed by atoms with E-state index in [0.29, 0.717) is 17.7 Å². The quantitative estimate of drug-likeness (QED) is 0.531. The van der Waals surface area contributed by atoms with Gasteiger partial charge in [0.2, 0.25) is 5.91 Å². The molecule has 1 amide bonds. The number of aromatic nitrogens is 1. The average molecular weight is 346 g/mol. The Kier molecular flexibility index (Phi) is 4.27. The molecule has 26 heavy (non-hydrogen) atoms. The molecule has 0 aliphatic heterocycles. The van der Waals surface area contributed by atoms with Crippen molar-refractivity contribution in [2.24, 2.45) is 0 Å². The molecule has 4 rings (SSSR count). The molecule has 0 atom stereocenters. The van der Waals surface area contributed by atoms with Gasteiger partial charge in [-0.1, -0.05) is 18.2 Å². The number of carbonyl (C=O) groups is 1. The minimum absolute atomic E-state index is 0.0263. The van der Waals surface area contributed by atoms with E-state index in [-0.39, 0.29) is 11.5 Å². The Morgan fingerprint density at radius 2 is 1.96 bits per heavy atom. The molecule has 0 bridgehead atoms. The minimum Gasteiger partial charge on any atom is -0.423 e. The van der Waals surface area contributed by atoms with Gasteiger partial charge in [-0.2, -0.15) is 0 Å². The van der Waals surface area contributed by atoms with E-state index in [9.17, 15) is 9.59 Å². The summed E-state index contributed by atoms with van der Waals surface area (Å²) in [6, 6.07) is 16.5. The highest BCUT2D eigenvalue weighted by molar-refractivity contribution is 5.93. The lowest BCUT2D eigenvalue weighted by Gasteiger charge is -2.06. The fourth-order valence-corrected chi connectivity index (χ4v) is 3.15. The van der Waals surface area contributed by atoms with Gasteiger partial charge in [-0.05, 0) is 48.7 Å². The fraction of sp³-hybridized carbons (Fsp3) is 0.143. The molecule has 2 aromatic carbocycles. The summed E-state index contributed by atoms with van der Waals surface area (Å²) in [6.45, 7) is 0. The Hall–Kier alpha value is -3.34. The van der Waals surface area contributed by atoms with Gasteiger partial charge in [0, 0.05) is 40.7 Å². The summed E-state index contributed by atoms with van der Waals surface area (Å²) in [4.78, 5) is 26.7. The molecule has 0 aliphatic rings. The number of benzene rings is 2. The van der Waals surface area contributed by atoms with Crippen LogP contribution in [0.15, 0.2) is 70.0 Å². The third kappa shape index (κ3) is 3.37. The Morgan fingerprint density at radius 3 is 2.88 bits per heavy atom. The lowest BCUT2D eigenvalue weighted by atomic mass is 10.1. The maximum atomic E-state index is 12.2. The molecule has 4 aromatic rings. The number of aryl methyl sites for hydroxylation is 1. The third-order valence-corrected chi connectivity index (χ3v) is 4.43. The summed E-state index contributed by atoms with van der Waals surface area (Å²) in [5, 5.41) is 4.89. The van der Waals surface area contributed by atoms with Crippen molar-refractivity contribution >= 4 is 33.5 Å². The van der Waals surface area contributed by atoms with Crippen molar-refractivity contribution in [2.45, 2.75) is 19.3 Å². The number of fused-ring (bicyclic) bond motifs is 2. The lowest BCUT2D eigenvalue weighted by Crippen LogP contribution is -2.11. The van der Waals surface area contributed by atoms with Gasteiger partial charge in [-0.25, -0.2) is 4.79 Å². The van der Waals surface area contributed by atoms with E-state index in [4.69, 9.17) is 4.42 Å². The molecule has 5 heteroatoms. The second-order valence-corrected chi connectivity index (χ2v) is 6.27. The maximum Gasteiger partial charge on any atom is 0.336 e. The van der Waals surface area contributed by atoms with Crippen molar-refractivity contribution in [3.8, 4) is 0 Å². The number of rotatable bonds is 5. The molecule has 2 aromatic heterocycles. The molecule has 130 valence electrons. The number of para-hydroxylation sites is 1. The van der Waals surface area contributed by atoms with Crippen LogP contribution in [0.1, 0.15) is 18.4 Å². The first-order chi connectivity index (χ1) is 12.7. The molecule has 2 heterocycles. The van der Waals surface area contributed by atoms with Gasteiger partial charge >= 0.3 is 5.63 Å². The second-order valence-electron chi connectivity index (χ2n) is 6.27. The van der Waals surface area contributed by atoms with E-state index < -0.39 is 0 Å². The van der Waals surface area contributed by atoms with E-state index in [1.54, 1.807) is 24.3 Å². The first-order valence-corrected chi connectivity index (χ1v) is 8.58. The van der Waals surface area contributed by atoms with E-state index in [1.807, 2.05) is 24.4 Å². The summed E-state index contributed by atoms with van der Waals surface area (Å²) in [5.74, 6) is -0.0263. The summed E-state index contributed by atoms with van der Waals surface area (Å²) in [7, 11) is 0. The Balaban J connectivity index is 1.36. The molecular weight excluding hydrogens is 328 g/mol. The van der Waals surface area contributed by atoms with Crippen molar-refractivity contribution in [3.05, 3.63) is 76.8 Å². The van der Waals surface area contributed by atoms with E-state index in [2.05, 4.69) is 16.4 Å². The number of nitrogens with one attached hydrogen (secondary N) is 2. The van der Waals surface area contributed by atoms with E-state index >= 15 is 0 Å². The molecule has 5 nitrogen and oxygen atoms in total. The zero-order valence-corrected chi connectivity index (χ0v) is 14.1. The van der Waals surface area contributed by atoms with Crippen LogP contribution in [0.5, 0.6) is 0 Å². The van der Waals surface area contributed by atoms with Crippen LogP contribution in [0.2, 0.25) is 0 Å². The van der Waals surface area contributed by atoms with Gasteiger partial charge in [-0.3, -0.25) is 4.79 Å². The molecule has 0 saturated carbocycles. The van der Waals surface area contributed by atoms with Crippen molar-refractivity contribution < 1.29 is 9.21 Å². The first-order valence-electron chi connectivity index (χ1n) is 8.58. The molecule has 0 fully saturated rings. The van der Waals surface area contributed by atoms with Crippen LogP contribution in [-0.2, 0) is 11.2 Å². The Bertz CT molecular complexity index is 1140. The Labute approximate surface area is 149 Å². The normalized spacial score (nSPS) is 11.1. The molecule has 0 aliphatic carbocycles. The van der Waals surface area contributed by atoms with Gasteiger partial charge in [0.1, 0.15) is 5.58 Å². The van der Waals surface area contributed by atoms with Crippen molar-refractivity contribution in [1.29, 1.82) is 0 Å². The molecule has 0 saturated heterocycles. The SMILES string of the molecule is O=C(CCCc1c[nH]c2ccccc12)Nc1ccc2oc(=O)ccc2c1. The highest BCUT2D eigenvalue weighted by Gasteiger charge is 2.07. The number of hydrogen-bond acceptors (Lipinski definition) is 3. The van der Waals surface area contributed by atoms with E-state index in [0.717, 1.165) is 23.7 Å². The number of hydrogen-bond donors (Lipinski definition) is 2. The molecule has 0 spiro atoms. The topological polar surface area (TPSA) is 75.1 Å². The zero-order chi connectivity index (χ0) is 17.9. The third-order valence-electron chi connectivity index (χ3n) is 4.43. The van der Waals surface area contributed by atoms with Crippen LogP contribution >= 0.6 is 0 Å². The number of carbonyl (C=O) groups excluding carboxylic acids is 1. The molecular formula is C21H18N2O3. The fourth-order valence-electron chi connectivity index (χ4n) is 3.15. The van der Waals surface area contributed by atoms with Crippen molar-refractivity contribution in [3.63, 3.8) is 0 Å². The first kappa shape index (κ1) is 16.1. The number of anilines is 1. The van der Waals surface area contributed by atoms with Gasteiger partial charge in [0.25, 0.3) is 0 Å². The highest BCUT2D eigenvalue weighted by atomic mass is 16.4. The molecule has 0 unspecified atom stereocenters. The number of H-pyrrole nitrogens is 1. The summed E-state index contributed by atoms with van der Waals surface area (Å²) < 4.78 is 5.09. The van der Waals surface area contributed by atoms with Crippen molar-refractivity contribution in [2.75, 3.05) is 5.32 Å². The minimum atomic E-state index is -0.383. The van der Waals surface area contributed by atoms with Crippen LogP contribution in [-0.4, -0.2) is 10.9 Å². The standard InChI is InChI=1S/C21H18N2O3/c24-20(7-3-4-15-13-22-18-6-2-1-5-17(15)18)23-16-9-10-19-14(12-16)8-11-21(25)26-19/h1-2,5-6,8-13,22H,3-4,7H2,(H,23,24). The van der Waals surface area contributed by atoms with Crippen molar-refractivity contribution in [1.82, 2.24) is 4.98 Å². The summed E-state index contributed by atoms with van der Waals surface area (Å²) in [6.07, 6.45) is 4.08. The van der Waals surface area contributed by atoms with Gasteiger partial charge in [-0.15, -0.1) is 0 Å². The predicted molar refractivity (Wildman–Crippen MR) is 102 cm³/mol. The monoisotopic (exact) mass is 346 g/mol. The summed E-state index contributed by atoms with van der Waals surface area (Å²) >= 11 is 0. The largest absolute Gasteiger partial charge is 0.423 e. The highest BCUT2D eigenvalue weighted by Crippen LogP contribution is 2.20. The average Bonchev–Trinajstić information content (AvgIpc) is 3.05. The lowest BCUT2D eigenvalue weighted by molar-refractivity contribution is -0.116. The smallest absolute Gasteiger partial charge is 0.336 e. The number of amides is 1. The number of aromatic amines is 1. The molecule has 2 N–H and O–H groups in total. The molecule has 0 radical (unpaired) electrons. The van der Waals surface area contributed by atoms with Crippen LogP contribution < -0.4 is 10.9 Å². The van der Waals surface area contributed by atoms with Crippen LogP contribution in [0.3, 0.4) is 0 Å². The summed E-state index contributed by atoms with van der Waals surface area (Å²) in [5.41, 5.74) is 3.17. The second kappa shape index (κ2) is 6.88. The van der Waals surface area contributed by atoms with Crippen LogP contribution in [0, 0.1) is 0 Å². The van der Waals surface area contributed by atoms with Gasteiger partial charge < -0.3 is 14.7 Å². The van der Waals surface area contributed by atoms with Crippen LogP contribution in [0.4, 0.5) is 5.69 Å². The predicted octanol–water partition coefficient (Wildman–Crippen LogP) is 4.24. The van der Waals surface area contributed by atoms with Gasteiger partial charge in [0.15, 0.2) is 0 Å².